The predicted molar refractivity (Wildman–Crippen MR) is 109 cm³/mol. The third-order valence-corrected chi connectivity index (χ3v) is 4.36. The smallest absolute Gasteiger partial charge is 0.203 e. The minimum absolute atomic E-state index is 0.210. The van der Waals surface area contributed by atoms with Gasteiger partial charge in [0.05, 0.1) is 38.1 Å². The van der Waals surface area contributed by atoms with E-state index in [1.165, 1.54) is 21.3 Å². The fourth-order valence-electron chi connectivity index (χ4n) is 2.51. The Morgan fingerprint density at radius 3 is 2.15 bits per heavy atom. The van der Waals surface area contributed by atoms with Crippen LogP contribution in [0.1, 0.15) is 22.8 Å². The minimum Gasteiger partial charge on any atom is -0.493 e. The molecule has 2 aromatic carbocycles. The summed E-state index contributed by atoms with van der Waals surface area (Å²) in [6.07, 6.45) is 1.68. The first-order valence-electron chi connectivity index (χ1n) is 8.19. The maximum Gasteiger partial charge on any atom is 0.203 e. The summed E-state index contributed by atoms with van der Waals surface area (Å²) < 4.78 is 21.7. The van der Waals surface area contributed by atoms with E-state index in [0.29, 0.717) is 50.9 Å². The number of allylic oxidation sites excluding steroid dienone is 1. The Bertz CT molecular complexity index is 838. The van der Waals surface area contributed by atoms with Crippen LogP contribution in [0.5, 0.6) is 23.0 Å². The number of rotatable bonds is 8. The largest absolute Gasteiger partial charge is 0.493 e. The Morgan fingerprint density at radius 1 is 1.04 bits per heavy atom. The number of ketones is 1. The molecule has 0 unspecified atom stereocenters. The number of carbonyl (C=O) groups excluding carboxylic acids is 1. The molecule has 0 spiro atoms. The van der Waals surface area contributed by atoms with Gasteiger partial charge < -0.3 is 24.7 Å². The van der Waals surface area contributed by atoms with Gasteiger partial charge in [-0.25, -0.2) is 0 Å². The van der Waals surface area contributed by atoms with Gasteiger partial charge in [0.2, 0.25) is 5.75 Å². The highest BCUT2D eigenvalue weighted by molar-refractivity contribution is 9.12. The lowest BCUT2D eigenvalue weighted by Gasteiger charge is -2.13. The summed E-state index contributed by atoms with van der Waals surface area (Å²) in [5, 5.41) is 0. The lowest BCUT2D eigenvalue weighted by atomic mass is 10.1. The Balaban J connectivity index is 2.36. The number of benzene rings is 2. The second-order valence-corrected chi connectivity index (χ2v) is 6.32. The topological polar surface area (TPSA) is 80.0 Å². The highest BCUT2D eigenvalue weighted by Crippen LogP contribution is 2.39. The van der Waals surface area contributed by atoms with E-state index in [1.807, 2.05) is 6.92 Å². The van der Waals surface area contributed by atoms with Gasteiger partial charge in [0.1, 0.15) is 5.75 Å². The van der Waals surface area contributed by atoms with E-state index in [9.17, 15) is 4.79 Å². The van der Waals surface area contributed by atoms with Gasteiger partial charge in [-0.2, -0.15) is 0 Å². The second kappa shape index (κ2) is 9.32. The van der Waals surface area contributed by atoms with Gasteiger partial charge >= 0.3 is 0 Å². The maximum absolute atomic E-state index is 12.7. The van der Waals surface area contributed by atoms with E-state index in [0.717, 1.165) is 0 Å². The summed E-state index contributed by atoms with van der Waals surface area (Å²) >= 11 is 3.35. The zero-order chi connectivity index (χ0) is 20.0. The monoisotopic (exact) mass is 435 g/mol. The average Bonchev–Trinajstić information content (AvgIpc) is 2.68. The van der Waals surface area contributed by atoms with Crippen LogP contribution in [0.25, 0.3) is 6.08 Å². The Hall–Kier alpha value is -2.67. The number of nitrogens with two attached hydrogens (primary N) is 1. The van der Waals surface area contributed by atoms with E-state index >= 15 is 0 Å². The number of Topliss-reactive ketones (excluding diaryl/α,β-unsaturated/α-hetero) is 1. The number of anilines is 1. The summed E-state index contributed by atoms with van der Waals surface area (Å²) in [6.45, 7) is 2.37. The van der Waals surface area contributed by atoms with Gasteiger partial charge in [-0.15, -0.1) is 0 Å². The molecule has 0 aliphatic carbocycles. The molecule has 144 valence electrons. The van der Waals surface area contributed by atoms with Gasteiger partial charge in [-0.1, -0.05) is 0 Å². The second-order valence-electron chi connectivity index (χ2n) is 5.47. The van der Waals surface area contributed by atoms with E-state index in [1.54, 1.807) is 36.4 Å². The number of hydrogen-bond acceptors (Lipinski definition) is 6. The molecule has 0 heterocycles. The molecular formula is C20H22BrNO5. The normalized spacial score (nSPS) is 11.1. The number of hydrogen-bond donors (Lipinski definition) is 1. The molecule has 0 aliphatic heterocycles. The van der Waals surface area contributed by atoms with E-state index in [2.05, 4.69) is 15.9 Å². The van der Waals surface area contributed by atoms with Crippen molar-refractivity contribution in [2.45, 2.75) is 6.92 Å². The average molecular weight is 436 g/mol. The van der Waals surface area contributed by atoms with E-state index in [-0.39, 0.29) is 5.78 Å². The molecular weight excluding hydrogens is 414 g/mol. The van der Waals surface area contributed by atoms with Gasteiger partial charge in [-0.3, -0.25) is 4.79 Å². The molecule has 27 heavy (non-hydrogen) atoms. The molecule has 0 saturated heterocycles. The molecule has 0 fully saturated rings. The summed E-state index contributed by atoms with van der Waals surface area (Å²) in [4.78, 5) is 12.7. The molecule has 2 aromatic rings. The van der Waals surface area contributed by atoms with Crippen molar-refractivity contribution in [2.24, 2.45) is 0 Å². The van der Waals surface area contributed by atoms with Crippen molar-refractivity contribution in [3.05, 3.63) is 45.9 Å². The van der Waals surface area contributed by atoms with Gasteiger partial charge in [0.15, 0.2) is 17.3 Å². The van der Waals surface area contributed by atoms with Crippen LogP contribution in [0.15, 0.2) is 34.8 Å². The molecule has 0 aromatic heterocycles. The molecule has 0 aliphatic rings. The van der Waals surface area contributed by atoms with Crippen LogP contribution in [0, 0.1) is 0 Å². The SMILES string of the molecule is CCOc1ccc(C(=O)/C(Br)=C\c2cc(OC)c(OC)c(OC)c2)cc1N. The first kappa shape index (κ1) is 20.6. The number of methoxy groups -OCH3 is 3. The molecule has 6 nitrogen and oxygen atoms in total. The molecule has 0 saturated carbocycles. The van der Waals surface area contributed by atoms with Crippen molar-refractivity contribution >= 4 is 33.5 Å². The van der Waals surface area contributed by atoms with Gasteiger partial charge in [0, 0.05) is 5.56 Å². The zero-order valence-corrected chi connectivity index (χ0v) is 17.3. The Labute approximate surface area is 167 Å². The molecule has 2 rings (SSSR count). The van der Waals surface area contributed by atoms with Crippen molar-refractivity contribution < 1.29 is 23.7 Å². The summed E-state index contributed by atoms with van der Waals surface area (Å²) in [5.41, 5.74) is 7.52. The molecule has 7 heteroatoms. The van der Waals surface area contributed by atoms with Gasteiger partial charge in [-0.05, 0) is 64.8 Å². The Kier molecular flexibility index (Phi) is 7.12. The highest BCUT2D eigenvalue weighted by Gasteiger charge is 2.15. The van der Waals surface area contributed by atoms with Crippen molar-refractivity contribution in [3.63, 3.8) is 0 Å². The molecule has 2 N–H and O–H groups in total. The van der Waals surface area contributed by atoms with Crippen LogP contribution in [0.3, 0.4) is 0 Å². The molecule has 0 amide bonds. The van der Waals surface area contributed by atoms with Crippen molar-refractivity contribution in [1.29, 1.82) is 0 Å². The fraction of sp³-hybridized carbons (Fsp3) is 0.250. The van der Waals surface area contributed by atoms with Crippen molar-refractivity contribution in [1.82, 2.24) is 0 Å². The lowest BCUT2D eigenvalue weighted by molar-refractivity contribution is 0.104. The summed E-state index contributed by atoms with van der Waals surface area (Å²) in [6, 6.07) is 8.46. The third kappa shape index (κ3) is 4.74. The number of nitrogen functional groups attached to an aromatic ring is 1. The van der Waals surface area contributed by atoms with Crippen molar-refractivity contribution in [2.75, 3.05) is 33.7 Å². The van der Waals surface area contributed by atoms with Crippen LogP contribution in [0.4, 0.5) is 5.69 Å². The third-order valence-electron chi connectivity index (χ3n) is 3.77. The summed E-state index contributed by atoms with van der Waals surface area (Å²) in [7, 11) is 4.60. The zero-order valence-electron chi connectivity index (χ0n) is 15.7. The minimum atomic E-state index is -0.210. The number of halogens is 1. The van der Waals surface area contributed by atoms with E-state index in [4.69, 9.17) is 24.7 Å². The standard InChI is InChI=1S/C20H22BrNO5/c1-5-27-16-7-6-13(11-15(16)22)19(23)14(21)8-12-9-17(24-2)20(26-4)18(10-12)25-3/h6-11H,5,22H2,1-4H3/b14-8+. The lowest BCUT2D eigenvalue weighted by Crippen LogP contribution is -2.02. The first-order chi connectivity index (χ1) is 12.9. The first-order valence-corrected chi connectivity index (χ1v) is 8.98. The van der Waals surface area contributed by atoms with Crippen LogP contribution < -0.4 is 24.7 Å². The highest BCUT2D eigenvalue weighted by atomic mass is 79.9. The molecule has 0 atom stereocenters. The number of ether oxygens (including phenoxy) is 4. The van der Waals surface area contributed by atoms with Crippen LogP contribution in [0.2, 0.25) is 0 Å². The van der Waals surface area contributed by atoms with E-state index < -0.39 is 0 Å². The predicted octanol–water partition coefficient (Wildman–Crippen LogP) is 4.31. The van der Waals surface area contributed by atoms with Crippen LogP contribution >= 0.6 is 15.9 Å². The van der Waals surface area contributed by atoms with Crippen LogP contribution in [-0.2, 0) is 0 Å². The maximum atomic E-state index is 12.7. The quantitative estimate of drug-likeness (QED) is 0.377. The molecule has 0 bridgehead atoms. The number of carbonyl (C=O) groups is 1. The summed E-state index contributed by atoms with van der Waals surface area (Å²) in [5.74, 6) is 1.83. The van der Waals surface area contributed by atoms with Gasteiger partial charge in [0.25, 0.3) is 0 Å². The van der Waals surface area contributed by atoms with Crippen molar-refractivity contribution in [3.8, 4) is 23.0 Å². The Morgan fingerprint density at radius 2 is 1.67 bits per heavy atom. The molecule has 0 radical (unpaired) electrons. The van der Waals surface area contributed by atoms with Crippen LogP contribution in [-0.4, -0.2) is 33.7 Å². The fourth-order valence-corrected chi connectivity index (χ4v) is 3.00.